The van der Waals surface area contributed by atoms with E-state index in [9.17, 15) is 14.9 Å². The lowest BCUT2D eigenvalue weighted by Crippen LogP contribution is -2.23. The van der Waals surface area contributed by atoms with Gasteiger partial charge in [-0.05, 0) is 77.2 Å². The number of nitro benzene ring substituents is 1. The zero-order valence-electron chi connectivity index (χ0n) is 15.2. The summed E-state index contributed by atoms with van der Waals surface area (Å²) in [5.41, 5.74) is 0.539. The third-order valence-electron chi connectivity index (χ3n) is 4.32. The first-order valence-corrected chi connectivity index (χ1v) is 10.2. The Morgan fingerprint density at radius 1 is 1.10 bits per heavy atom. The molecule has 2 heterocycles. The summed E-state index contributed by atoms with van der Waals surface area (Å²) < 4.78 is 2.08. The Morgan fingerprint density at radius 2 is 1.93 bits per heavy atom. The number of nitrogens with zero attached hydrogens (tertiary/aromatic N) is 4. The Morgan fingerprint density at radius 3 is 2.67 bits per heavy atom. The lowest BCUT2D eigenvalue weighted by molar-refractivity contribution is -0.384. The molecular formula is C21H12ClIN4O3. The van der Waals surface area contributed by atoms with Crippen LogP contribution in [0, 0.1) is 13.7 Å². The van der Waals surface area contributed by atoms with Gasteiger partial charge in [0.05, 0.1) is 21.5 Å². The Hall–Kier alpha value is -3.11. The van der Waals surface area contributed by atoms with E-state index in [1.165, 1.54) is 22.8 Å². The number of benzene rings is 2. The number of nitro groups is 1. The first-order valence-electron chi connectivity index (χ1n) is 8.70. The smallest absolute Gasteiger partial charge is 0.268 e. The fourth-order valence-corrected chi connectivity index (χ4v) is 3.64. The van der Waals surface area contributed by atoms with Gasteiger partial charge in [0.1, 0.15) is 11.5 Å². The van der Waals surface area contributed by atoms with Crippen LogP contribution in [0.3, 0.4) is 0 Å². The van der Waals surface area contributed by atoms with Crippen LogP contribution in [0.4, 0.5) is 5.69 Å². The van der Waals surface area contributed by atoms with Crippen molar-refractivity contribution in [2.45, 2.75) is 0 Å². The maximum absolute atomic E-state index is 13.4. The van der Waals surface area contributed by atoms with Crippen LogP contribution in [0.5, 0.6) is 0 Å². The van der Waals surface area contributed by atoms with Crippen molar-refractivity contribution in [3.8, 4) is 5.69 Å². The summed E-state index contributed by atoms with van der Waals surface area (Å²) in [6.07, 6.45) is 4.95. The molecule has 0 saturated heterocycles. The maximum Gasteiger partial charge on any atom is 0.294 e. The molecule has 0 amide bonds. The van der Waals surface area contributed by atoms with Crippen molar-refractivity contribution >= 4 is 62.9 Å². The molecular weight excluding hydrogens is 519 g/mol. The van der Waals surface area contributed by atoms with E-state index < -0.39 is 10.5 Å². The summed E-state index contributed by atoms with van der Waals surface area (Å²) in [5.74, 6) is 0.241. The number of fused-ring (bicyclic) bond motifs is 1. The summed E-state index contributed by atoms with van der Waals surface area (Å²) in [4.78, 5) is 33.3. The molecule has 0 spiro atoms. The van der Waals surface area contributed by atoms with E-state index in [0.29, 0.717) is 16.6 Å². The quantitative estimate of drug-likeness (QED) is 0.208. The zero-order valence-corrected chi connectivity index (χ0v) is 18.1. The van der Waals surface area contributed by atoms with Crippen LogP contribution in [-0.2, 0) is 0 Å². The number of pyridine rings is 1. The molecule has 7 nitrogen and oxygen atoms in total. The van der Waals surface area contributed by atoms with Gasteiger partial charge in [-0.2, -0.15) is 0 Å². The minimum Gasteiger partial charge on any atom is -0.268 e. The van der Waals surface area contributed by atoms with Gasteiger partial charge in [0.25, 0.3) is 11.2 Å². The predicted molar refractivity (Wildman–Crippen MR) is 125 cm³/mol. The van der Waals surface area contributed by atoms with Crippen LogP contribution in [-0.4, -0.2) is 19.5 Å². The van der Waals surface area contributed by atoms with E-state index in [4.69, 9.17) is 11.6 Å². The number of rotatable bonds is 4. The van der Waals surface area contributed by atoms with Gasteiger partial charge in [-0.25, -0.2) is 4.98 Å². The summed E-state index contributed by atoms with van der Waals surface area (Å²) in [5, 5.41) is 12.2. The van der Waals surface area contributed by atoms with Gasteiger partial charge in [-0.1, -0.05) is 17.7 Å². The van der Waals surface area contributed by atoms with Gasteiger partial charge in [0.15, 0.2) is 0 Å². The molecule has 0 aliphatic rings. The largest absolute Gasteiger partial charge is 0.294 e. The summed E-state index contributed by atoms with van der Waals surface area (Å²) in [6, 6.07) is 14.9. The van der Waals surface area contributed by atoms with Gasteiger partial charge in [0.2, 0.25) is 0 Å². The molecule has 30 heavy (non-hydrogen) atoms. The monoisotopic (exact) mass is 530 g/mol. The van der Waals surface area contributed by atoms with Crippen molar-refractivity contribution in [2.24, 2.45) is 0 Å². The van der Waals surface area contributed by atoms with Gasteiger partial charge in [-0.3, -0.25) is 24.5 Å². The van der Waals surface area contributed by atoms with Crippen LogP contribution in [0.2, 0.25) is 5.02 Å². The second kappa shape index (κ2) is 8.33. The molecule has 2 aromatic carbocycles. The molecule has 0 atom stereocenters. The standard InChI is InChI=1S/C21H12ClIN4O3/c22-13-4-8-18(19(11-13)27(29)30)26-20(9-6-15-3-1-2-10-24-15)25-17-7-5-14(23)12-16(17)21(26)28/h1-12H/b9-6+. The van der Waals surface area contributed by atoms with Crippen LogP contribution >= 0.6 is 34.2 Å². The molecule has 0 radical (unpaired) electrons. The first-order chi connectivity index (χ1) is 14.4. The fraction of sp³-hybridized carbons (Fsp3) is 0. The van der Waals surface area contributed by atoms with Crippen LogP contribution < -0.4 is 5.56 Å². The second-order valence-corrected chi connectivity index (χ2v) is 7.93. The van der Waals surface area contributed by atoms with Gasteiger partial charge >= 0.3 is 0 Å². The van der Waals surface area contributed by atoms with E-state index in [0.717, 1.165) is 3.57 Å². The molecule has 0 aliphatic heterocycles. The molecule has 148 valence electrons. The molecule has 0 aliphatic carbocycles. The number of hydrogen-bond acceptors (Lipinski definition) is 5. The topological polar surface area (TPSA) is 90.9 Å². The lowest BCUT2D eigenvalue weighted by Gasteiger charge is -2.12. The lowest BCUT2D eigenvalue weighted by atomic mass is 10.2. The van der Waals surface area contributed by atoms with Crippen LogP contribution in [0.1, 0.15) is 11.5 Å². The highest BCUT2D eigenvalue weighted by molar-refractivity contribution is 14.1. The van der Waals surface area contributed by atoms with Crippen molar-refractivity contribution < 1.29 is 4.92 Å². The number of hydrogen-bond donors (Lipinski definition) is 0. The Bertz CT molecular complexity index is 1370. The normalized spacial score (nSPS) is 11.3. The van der Waals surface area contributed by atoms with E-state index >= 15 is 0 Å². The Labute approximate surface area is 189 Å². The fourth-order valence-electron chi connectivity index (χ4n) is 2.99. The molecule has 0 bridgehead atoms. The van der Waals surface area contributed by atoms with Crippen LogP contribution in [0.15, 0.2) is 65.6 Å². The Balaban J connectivity index is 2.04. The van der Waals surface area contributed by atoms with Gasteiger partial charge in [-0.15, -0.1) is 0 Å². The zero-order chi connectivity index (χ0) is 21.3. The number of aromatic nitrogens is 3. The second-order valence-electron chi connectivity index (χ2n) is 6.25. The highest BCUT2D eigenvalue weighted by Gasteiger charge is 2.21. The molecule has 4 rings (SSSR count). The SMILES string of the molecule is O=c1c2cc(I)ccc2nc(/C=C/c2ccccn2)n1-c1ccc(Cl)cc1[N+](=O)[O-]. The van der Waals surface area contributed by atoms with E-state index in [1.54, 1.807) is 42.6 Å². The van der Waals surface area contributed by atoms with Crippen molar-refractivity contribution in [1.82, 2.24) is 14.5 Å². The van der Waals surface area contributed by atoms with E-state index in [1.807, 2.05) is 12.1 Å². The highest BCUT2D eigenvalue weighted by Crippen LogP contribution is 2.27. The minimum atomic E-state index is -0.571. The van der Waals surface area contributed by atoms with Crippen molar-refractivity contribution in [2.75, 3.05) is 0 Å². The average molecular weight is 531 g/mol. The molecule has 4 aromatic rings. The van der Waals surface area contributed by atoms with Crippen LogP contribution in [0.25, 0.3) is 28.7 Å². The third kappa shape index (κ3) is 3.96. The highest BCUT2D eigenvalue weighted by atomic mass is 127. The van der Waals surface area contributed by atoms with Crippen molar-refractivity contribution in [3.05, 3.63) is 101 Å². The Kier molecular flexibility index (Phi) is 5.60. The molecule has 2 aromatic heterocycles. The molecule has 9 heteroatoms. The summed E-state index contributed by atoms with van der Waals surface area (Å²) >= 11 is 8.06. The van der Waals surface area contributed by atoms with E-state index in [2.05, 4.69) is 32.6 Å². The molecule has 0 saturated carbocycles. The van der Waals surface area contributed by atoms with E-state index in [-0.39, 0.29) is 22.2 Å². The number of halogens is 2. The maximum atomic E-state index is 13.4. The van der Waals surface area contributed by atoms with Crippen molar-refractivity contribution in [1.29, 1.82) is 0 Å². The predicted octanol–water partition coefficient (Wildman–Crippen LogP) is 5.12. The molecule has 0 unspecified atom stereocenters. The van der Waals surface area contributed by atoms with Crippen molar-refractivity contribution in [3.63, 3.8) is 0 Å². The van der Waals surface area contributed by atoms with Gasteiger partial charge < -0.3 is 0 Å². The minimum absolute atomic E-state index is 0.0864. The first kappa shape index (κ1) is 20.2. The third-order valence-corrected chi connectivity index (χ3v) is 5.23. The molecule has 0 N–H and O–H groups in total. The summed E-state index contributed by atoms with van der Waals surface area (Å²) in [6.45, 7) is 0. The molecule has 0 fully saturated rings. The summed E-state index contributed by atoms with van der Waals surface area (Å²) in [7, 11) is 0. The average Bonchev–Trinajstić information content (AvgIpc) is 2.74. The van der Waals surface area contributed by atoms with Gasteiger partial charge in [0, 0.05) is 20.9 Å².